The van der Waals surface area contributed by atoms with Gasteiger partial charge in [0.25, 0.3) is 0 Å². The Bertz CT molecular complexity index is 694. The molecule has 2 N–H and O–H groups in total. The molecule has 23 heavy (non-hydrogen) atoms. The molecular weight excluding hydrogens is 300 g/mol. The summed E-state index contributed by atoms with van der Waals surface area (Å²) in [6.07, 6.45) is 2.87. The molecule has 0 amide bonds. The fourth-order valence-corrected chi connectivity index (χ4v) is 2.00. The number of ether oxygens (including phenoxy) is 1. The summed E-state index contributed by atoms with van der Waals surface area (Å²) in [6, 6.07) is 3.46. The number of pyridine rings is 1. The van der Waals surface area contributed by atoms with Crippen molar-refractivity contribution < 1.29 is 9.66 Å². The van der Waals surface area contributed by atoms with Gasteiger partial charge in [-0.15, -0.1) is 0 Å². The molecule has 2 aromatic rings. The van der Waals surface area contributed by atoms with Crippen molar-refractivity contribution in [2.24, 2.45) is 0 Å². The van der Waals surface area contributed by atoms with E-state index in [1.54, 1.807) is 19.4 Å². The molecule has 9 nitrogen and oxygen atoms in total. The summed E-state index contributed by atoms with van der Waals surface area (Å²) in [7, 11) is 1.56. The average Bonchev–Trinajstić information content (AvgIpc) is 2.47. The third kappa shape index (κ3) is 4.33. The van der Waals surface area contributed by atoms with Crippen molar-refractivity contribution in [3.8, 4) is 0 Å². The molecule has 2 aromatic heterocycles. The zero-order valence-corrected chi connectivity index (χ0v) is 13.1. The molecule has 0 aliphatic carbocycles. The van der Waals surface area contributed by atoms with E-state index in [2.05, 4.69) is 25.6 Å². The molecule has 1 atom stereocenters. The summed E-state index contributed by atoms with van der Waals surface area (Å²) in [5, 5.41) is 17.3. The van der Waals surface area contributed by atoms with Crippen LogP contribution in [0.4, 0.5) is 23.1 Å². The Hall–Kier alpha value is -2.81. The maximum absolute atomic E-state index is 11.4. The number of hydrogen-bond acceptors (Lipinski definition) is 8. The molecule has 0 aromatic carbocycles. The fourth-order valence-electron chi connectivity index (χ4n) is 2.00. The SMILES string of the molecule is COCC(C)Nc1ncnc(Nc2cc(C)ccn2)c1[N+](=O)[O-]. The maximum Gasteiger partial charge on any atom is 0.353 e. The number of rotatable bonds is 7. The molecule has 0 saturated heterocycles. The number of nitrogens with one attached hydrogen (secondary N) is 2. The summed E-state index contributed by atoms with van der Waals surface area (Å²) >= 11 is 0. The van der Waals surface area contributed by atoms with Gasteiger partial charge in [0.1, 0.15) is 12.1 Å². The quantitative estimate of drug-likeness (QED) is 0.590. The topological polar surface area (TPSA) is 115 Å². The first-order chi connectivity index (χ1) is 11.0. The van der Waals surface area contributed by atoms with E-state index in [9.17, 15) is 10.1 Å². The molecule has 0 bridgehead atoms. The second kappa shape index (κ2) is 7.45. The molecule has 0 aliphatic rings. The predicted octanol–water partition coefficient (Wildman–Crippen LogP) is 2.28. The van der Waals surface area contributed by atoms with E-state index >= 15 is 0 Å². The van der Waals surface area contributed by atoms with Crippen molar-refractivity contribution in [1.82, 2.24) is 15.0 Å². The minimum atomic E-state index is -0.528. The van der Waals surface area contributed by atoms with Gasteiger partial charge in [-0.25, -0.2) is 15.0 Å². The highest BCUT2D eigenvalue weighted by atomic mass is 16.6. The van der Waals surface area contributed by atoms with E-state index in [1.165, 1.54) is 6.33 Å². The second-order valence-corrected chi connectivity index (χ2v) is 5.02. The van der Waals surface area contributed by atoms with Gasteiger partial charge in [-0.3, -0.25) is 10.1 Å². The van der Waals surface area contributed by atoms with E-state index in [-0.39, 0.29) is 23.4 Å². The lowest BCUT2D eigenvalue weighted by molar-refractivity contribution is -0.383. The lowest BCUT2D eigenvalue weighted by Gasteiger charge is -2.14. The monoisotopic (exact) mass is 318 g/mol. The Labute approximate surface area is 133 Å². The van der Waals surface area contributed by atoms with Crippen LogP contribution >= 0.6 is 0 Å². The van der Waals surface area contributed by atoms with Crippen LogP contribution in [0.1, 0.15) is 12.5 Å². The number of methoxy groups -OCH3 is 1. The van der Waals surface area contributed by atoms with Gasteiger partial charge in [0, 0.05) is 19.3 Å². The molecule has 2 rings (SSSR count). The zero-order valence-electron chi connectivity index (χ0n) is 13.1. The lowest BCUT2D eigenvalue weighted by atomic mass is 10.3. The first-order valence-corrected chi connectivity index (χ1v) is 6.95. The van der Waals surface area contributed by atoms with E-state index in [4.69, 9.17) is 4.74 Å². The van der Waals surface area contributed by atoms with Gasteiger partial charge in [-0.2, -0.15) is 0 Å². The van der Waals surface area contributed by atoms with Gasteiger partial charge in [-0.1, -0.05) is 0 Å². The Kier molecular flexibility index (Phi) is 5.36. The zero-order chi connectivity index (χ0) is 16.8. The van der Waals surface area contributed by atoms with Crippen LogP contribution in [-0.2, 0) is 4.74 Å². The highest BCUT2D eigenvalue weighted by molar-refractivity contribution is 5.72. The summed E-state index contributed by atoms with van der Waals surface area (Å²) < 4.78 is 5.01. The molecule has 0 spiro atoms. The van der Waals surface area contributed by atoms with Crippen molar-refractivity contribution in [2.45, 2.75) is 19.9 Å². The lowest BCUT2D eigenvalue weighted by Crippen LogP contribution is -2.22. The van der Waals surface area contributed by atoms with E-state index in [1.807, 2.05) is 19.9 Å². The van der Waals surface area contributed by atoms with Crippen LogP contribution < -0.4 is 10.6 Å². The number of anilines is 3. The molecule has 9 heteroatoms. The van der Waals surface area contributed by atoms with Gasteiger partial charge in [0.15, 0.2) is 0 Å². The molecule has 122 valence electrons. The molecule has 2 heterocycles. The number of nitrogens with zero attached hydrogens (tertiary/aromatic N) is 4. The van der Waals surface area contributed by atoms with Gasteiger partial charge in [0.2, 0.25) is 11.6 Å². The van der Waals surface area contributed by atoms with Crippen LogP contribution in [0.15, 0.2) is 24.7 Å². The van der Waals surface area contributed by atoms with Crippen LogP contribution in [0.2, 0.25) is 0 Å². The minimum absolute atomic E-state index is 0.0789. The van der Waals surface area contributed by atoms with E-state index in [0.29, 0.717) is 12.4 Å². The minimum Gasteiger partial charge on any atom is -0.383 e. The van der Waals surface area contributed by atoms with Gasteiger partial charge in [0.05, 0.1) is 11.5 Å². The third-order valence-corrected chi connectivity index (χ3v) is 2.97. The highest BCUT2D eigenvalue weighted by Gasteiger charge is 2.24. The molecule has 0 radical (unpaired) electrons. The summed E-state index contributed by atoms with van der Waals surface area (Å²) in [4.78, 5) is 23.0. The van der Waals surface area contributed by atoms with E-state index in [0.717, 1.165) is 5.56 Å². The number of nitro groups is 1. The van der Waals surface area contributed by atoms with Crippen LogP contribution in [0.25, 0.3) is 0 Å². The standard InChI is InChI=1S/C14H18N6O3/c1-9-4-5-15-11(6-9)19-14-12(20(21)22)13(16-8-17-14)18-10(2)7-23-3/h4-6,8,10H,7H2,1-3H3,(H2,15,16,17,18,19). The first-order valence-electron chi connectivity index (χ1n) is 6.95. The average molecular weight is 318 g/mol. The van der Waals surface area contributed by atoms with Crippen LogP contribution in [0.5, 0.6) is 0 Å². The second-order valence-electron chi connectivity index (χ2n) is 5.02. The van der Waals surface area contributed by atoms with Gasteiger partial charge >= 0.3 is 5.69 Å². The van der Waals surface area contributed by atoms with Crippen molar-refractivity contribution >= 4 is 23.1 Å². The first kappa shape index (κ1) is 16.6. The van der Waals surface area contributed by atoms with Gasteiger partial charge < -0.3 is 15.4 Å². The number of hydrogen-bond donors (Lipinski definition) is 2. The molecule has 0 saturated carbocycles. The van der Waals surface area contributed by atoms with Crippen molar-refractivity contribution in [1.29, 1.82) is 0 Å². The summed E-state index contributed by atoms with van der Waals surface area (Å²) in [5.74, 6) is 0.683. The van der Waals surface area contributed by atoms with Crippen molar-refractivity contribution in [3.63, 3.8) is 0 Å². The fraction of sp³-hybridized carbons (Fsp3) is 0.357. The van der Waals surface area contributed by atoms with Crippen molar-refractivity contribution in [3.05, 3.63) is 40.3 Å². The van der Waals surface area contributed by atoms with Crippen molar-refractivity contribution in [2.75, 3.05) is 24.4 Å². The smallest absolute Gasteiger partial charge is 0.353 e. The molecule has 1 unspecified atom stereocenters. The Morgan fingerprint density at radius 3 is 2.74 bits per heavy atom. The van der Waals surface area contributed by atoms with Crippen LogP contribution in [-0.4, -0.2) is 39.6 Å². The Morgan fingerprint density at radius 2 is 2.09 bits per heavy atom. The molecule has 0 fully saturated rings. The largest absolute Gasteiger partial charge is 0.383 e. The molecular formula is C14H18N6O3. The highest BCUT2D eigenvalue weighted by Crippen LogP contribution is 2.31. The summed E-state index contributed by atoms with van der Waals surface area (Å²) in [6.45, 7) is 4.13. The Balaban J connectivity index is 2.34. The van der Waals surface area contributed by atoms with E-state index < -0.39 is 4.92 Å². The maximum atomic E-state index is 11.4. The number of aryl methyl sites for hydroxylation is 1. The molecule has 0 aliphatic heterocycles. The van der Waals surface area contributed by atoms with Gasteiger partial charge in [-0.05, 0) is 31.5 Å². The third-order valence-electron chi connectivity index (χ3n) is 2.97. The van der Waals surface area contributed by atoms with Crippen LogP contribution in [0.3, 0.4) is 0 Å². The predicted molar refractivity (Wildman–Crippen MR) is 85.9 cm³/mol. The number of aromatic nitrogens is 3. The Morgan fingerprint density at radius 1 is 1.35 bits per heavy atom. The summed E-state index contributed by atoms with van der Waals surface area (Å²) in [5.41, 5.74) is 0.741. The normalized spacial score (nSPS) is 11.8. The van der Waals surface area contributed by atoms with Crippen LogP contribution in [0, 0.1) is 17.0 Å².